The summed E-state index contributed by atoms with van der Waals surface area (Å²) in [4.78, 5) is 31.5. The Balaban J connectivity index is 1.73. The lowest BCUT2D eigenvalue weighted by Crippen LogP contribution is -2.43. The molecule has 222 valence electrons. The Morgan fingerprint density at radius 2 is 1.79 bits per heavy atom. The van der Waals surface area contributed by atoms with E-state index in [1.807, 2.05) is 0 Å². The molecule has 0 atom stereocenters. The maximum absolute atomic E-state index is 15.5. The minimum absolute atomic E-state index is 0.0563. The van der Waals surface area contributed by atoms with Crippen molar-refractivity contribution in [3.05, 3.63) is 71.1 Å². The second-order valence-corrected chi connectivity index (χ2v) is 10.5. The van der Waals surface area contributed by atoms with Gasteiger partial charge >= 0.3 is 12.1 Å². The van der Waals surface area contributed by atoms with E-state index in [9.17, 15) is 22.8 Å². The van der Waals surface area contributed by atoms with Gasteiger partial charge in [0.25, 0.3) is 0 Å². The van der Waals surface area contributed by atoms with E-state index < -0.39 is 41.2 Å². The highest BCUT2D eigenvalue weighted by molar-refractivity contribution is 6.04. The van der Waals surface area contributed by atoms with E-state index in [2.05, 4.69) is 23.7 Å². The number of hydrogen-bond donors (Lipinski definition) is 0. The van der Waals surface area contributed by atoms with Crippen molar-refractivity contribution in [3.63, 3.8) is 0 Å². The van der Waals surface area contributed by atoms with E-state index >= 15 is 4.39 Å². The van der Waals surface area contributed by atoms with Crippen LogP contribution in [-0.2, 0) is 15.7 Å². The molecule has 2 aromatic heterocycles. The second-order valence-electron chi connectivity index (χ2n) is 10.5. The fourth-order valence-electron chi connectivity index (χ4n) is 4.84. The molecule has 42 heavy (non-hydrogen) atoms. The van der Waals surface area contributed by atoms with Gasteiger partial charge in [0.2, 0.25) is 11.8 Å². The number of aromatic nitrogens is 1. The van der Waals surface area contributed by atoms with Gasteiger partial charge in [-0.1, -0.05) is 18.8 Å². The number of methoxy groups -OCH3 is 1. The molecule has 7 nitrogen and oxygen atoms in total. The Kier molecular flexibility index (Phi) is 9.24. The average Bonchev–Trinajstić information content (AvgIpc) is 3.47. The fourth-order valence-corrected chi connectivity index (χ4v) is 4.84. The van der Waals surface area contributed by atoms with Gasteiger partial charge in [-0.2, -0.15) is 13.2 Å². The van der Waals surface area contributed by atoms with Crippen LogP contribution >= 0.6 is 0 Å². The van der Waals surface area contributed by atoms with Crippen molar-refractivity contribution >= 4 is 17.6 Å². The molecule has 0 radical (unpaired) electrons. The van der Waals surface area contributed by atoms with Crippen LogP contribution in [0.15, 0.2) is 47.4 Å². The van der Waals surface area contributed by atoms with Gasteiger partial charge in [0.05, 0.1) is 30.2 Å². The number of anilines is 1. The molecule has 1 aromatic carbocycles. The van der Waals surface area contributed by atoms with Gasteiger partial charge < -0.3 is 18.8 Å². The van der Waals surface area contributed by atoms with Crippen LogP contribution in [0.4, 0.5) is 23.2 Å². The number of esters is 1. The lowest BCUT2D eigenvalue weighted by molar-refractivity contribution is -0.139. The van der Waals surface area contributed by atoms with Gasteiger partial charge in [-0.3, -0.25) is 4.79 Å². The van der Waals surface area contributed by atoms with E-state index in [1.54, 1.807) is 13.8 Å². The summed E-state index contributed by atoms with van der Waals surface area (Å²) < 4.78 is 72.4. The number of carbonyl (C=O) groups excluding carboxylic acids is 2. The molecule has 2 heterocycles. The highest BCUT2D eigenvalue weighted by Crippen LogP contribution is 2.40. The maximum atomic E-state index is 15.5. The van der Waals surface area contributed by atoms with Crippen LogP contribution in [0.25, 0.3) is 0 Å². The van der Waals surface area contributed by atoms with Gasteiger partial charge in [0, 0.05) is 35.9 Å². The highest BCUT2D eigenvalue weighted by atomic mass is 19.4. The summed E-state index contributed by atoms with van der Waals surface area (Å²) in [6.45, 7) is 5.57. The van der Waals surface area contributed by atoms with Crippen molar-refractivity contribution in [2.24, 2.45) is 11.8 Å². The van der Waals surface area contributed by atoms with Crippen LogP contribution < -0.4 is 9.64 Å². The van der Waals surface area contributed by atoms with Crippen molar-refractivity contribution < 1.29 is 41.0 Å². The van der Waals surface area contributed by atoms with Crippen molar-refractivity contribution in [2.45, 2.75) is 58.7 Å². The molecular formula is C31H30F4N2O5. The predicted octanol–water partition coefficient (Wildman–Crippen LogP) is 7.38. The van der Waals surface area contributed by atoms with Gasteiger partial charge in [-0.15, -0.1) is 0 Å². The normalized spacial score (nSPS) is 16.9. The van der Waals surface area contributed by atoms with Crippen LogP contribution in [0.2, 0.25) is 0 Å². The van der Waals surface area contributed by atoms with E-state index in [0.717, 1.165) is 44.3 Å². The zero-order valence-electron chi connectivity index (χ0n) is 23.5. The molecule has 11 heteroatoms. The summed E-state index contributed by atoms with van der Waals surface area (Å²) in [5.41, 5.74) is -1.20. The third kappa shape index (κ3) is 6.93. The Hall–Kier alpha value is -4.33. The largest absolute Gasteiger partial charge is 0.471 e. The first-order chi connectivity index (χ1) is 19.9. The van der Waals surface area contributed by atoms with Crippen molar-refractivity contribution in [1.29, 1.82) is 0 Å². The molecule has 0 N–H and O–H groups in total. The molecule has 0 bridgehead atoms. The minimum atomic E-state index is -4.92. The van der Waals surface area contributed by atoms with Crippen LogP contribution in [0, 0.1) is 29.5 Å². The lowest BCUT2D eigenvalue weighted by Gasteiger charge is -2.34. The number of furan rings is 1. The summed E-state index contributed by atoms with van der Waals surface area (Å²) in [6.07, 6.45) is 1.90. The zero-order chi connectivity index (χ0) is 30.6. The fraction of sp³-hybridized carbons (Fsp3) is 0.387. The number of hydrogen-bond acceptors (Lipinski definition) is 6. The summed E-state index contributed by atoms with van der Waals surface area (Å²) in [7, 11) is 1.10. The third-order valence-corrected chi connectivity index (χ3v) is 7.07. The number of halogens is 4. The number of benzene rings is 1. The first-order valence-corrected chi connectivity index (χ1v) is 13.4. The number of carbonyl (C=O) groups is 2. The molecule has 1 aliphatic rings. The molecule has 4 rings (SSSR count). The van der Waals surface area contributed by atoms with Crippen LogP contribution in [0.1, 0.15) is 73.5 Å². The minimum Gasteiger partial charge on any atom is -0.471 e. The SMILES string of the molecule is COC(=O)c1cc(Oc2ncc(C#Cc3ccoc3)cc2C(F)(F)F)c(F)cc1N(C(=O)[C@H]1CC[C@H](C)CC1)C(C)C. The number of nitrogens with zero attached hydrogens (tertiary/aromatic N) is 2. The number of pyridine rings is 1. The standard InChI is InChI=1S/C31H30F4N2O5/c1-18(2)37(29(38)22-9-5-19(3)6-10-22)26-15-25(32)27(14-23(26)30(39)40-4)42-28-24(31(33,34)35)13-21(16-36-28)8-7-20-11-12-41-17-20/h11-19,22H,5-6,9-10H2,1-4H3/t19-,22-. The van der Waals surface area contributed by atoms with E-state index in [0.29, 0.717) is 24.3 Å². The molecule has 1 saturated carbocycles. The molecule has 1 fully saturated rings. The summed E-state index contributed by atoms with van der Waals surface area (Å²) in [5.74, 6) is 1.50. The lowest BCUT2D eigenvalue weighted by atomic mass is 9.82. The summed E-state index contributed by atoms with van der Waals surface area (Å²) in [6, 6.07) is 3.64. The van der Waals surface area contributed by atoms with Gasteiger partial charge in [-0.25, -0.2) is 14.2 Å². The first kappa shape index (κ1) is 30.6. The molecule has 0 aliphatic heterocycles. The zero-order valence-corrected chi connectivity index (χ0v) is 23.5. The molecular weight excluding hydrogens is 556 g/mol. The number of rotatable bonds is 6. The van der Waals surface area contributed by atoms with E-state index in [4.69, 9.17) is 13.9 Å². The van der Waals surface area contributed by atoms with Crippen molar-refractivity contribution in [3.8, 4) is 23.5 Å². The van der Waals surface area contributed by atoms with Gasteiger partial charge in [0.1, 0.15) is 11.8 Å². The molecule has 1 amide bonds. The Morgan fingerprint density at radius 1 is 1.10 bits per heavy atom. The Morgan fingerprint density at radius 3 is 2.38 bits per heavy atom. The highest BCUT2D eigenvalue weighted by Gasteiger charge is 2.37. The van der Waals surface area contributed by atoms with Crippen molar-refractivity contribution in [2.75, 3.05) is 12.0 Å². The Bertz CT molecular complexity index is 1500. The maximum Gasteiger partial charge on any atom is 0.421 e. The number of amides is 1. The summed E-state index contributed by atoms with van der Waals surface area (Å²) in [5, 5.41) is 0. The molecule has 0 spiro atoms. The Labute approximate surface area is 240 Å². The molecule has 1 aliphatic carbocycles. The van der Waals surface area contributed by atoms with Crippen LogP contribution in [-0.4, -0.2) is 30.0 Å². The second kappa shape index (κ2) is 12.7. The number of ether oxygens (including phenoxy) is 2. The predicted molar refractivity (Wildman–Crippen MR) is 145 cm³/mol. The monoisotopic (exact) mass is 586 g/mol. The molecule has 0 saturated heterocycles. The molecule has 3 aromatic rings. The smallest absolute Gasteiger partial charge is 0.421 e. The van der Waals surface area contributed by atoms with E-state index in [1.165, 1.54) is 23.5 Å². The van der Waals surface area contributed by atoms with Crippen molar-refractivity contribution in [1.82, 2.24) is 4.98 Å². The third-order valence-electron chi connectivity index (χ3n) is 7.07. The quantitative estimate of drug-likeness (QED) is 0.170. The van der Waals surface area contributed by atoms with E-state index in [-0.39, 0.29) is 28.6 Å². The summed E-state index contributed by atoms with van der Waals surface area (Å²) >= 11 is 0. The first-order valence-electron chi connectivity index (χ1n) is 13.4. The van der Waals surface area contributed by atoms with Gasteiger partial charge in [-0.05, 0) is 57.6 Å². The molecule has 0 unspecified atom stereocenters. The van der Waals surface area contributed by atoms with Crippen LogP contribution in [0.3, 0.4) is 0 Å². The topological polar surface area (TPSA) is 81.9 Å². The van der Waals surface area contributed by atoms with Crippen LogP contribution in [0.5, 0.6) is 11.6 Å². The van der Waals surface area contributed by atoms with Gasteiger partial charge in [0.15, 0.2) is 11.6 Å². The average molecular weight is 587 g/mol. The number of alkyl halides is 3.